The predicted octanol–water partition coefficient (Wildman–Crippen LogP) is 8.60. The highest BCUT2D eigenvalue weighted by molar-refractivity contribution is 7.22. The second-order valence-electron chi connectivity index (χ2n) is 8.73. The van der Waals surface area contributed by atoms with Gasteiger partial charge in [-0.25, -0.2) is 0 Å². The molecule has 1 aromatic carbocycles. The molecule has 0 spiro atoms. The van der Waals surface area contributed by atoms with E-state index in [9.17, 15) is 0 Å². The van der Waals surface area contributed by atoms with Crippen molar-refractivity contribution in [1.82, 2.24) is 0 Å². The Kier molecular flexibility index (Phi) is 9.38. The Bertz CT molecular complexity index is 787. The van der Waals surface area contributed by atoms with Gasteiger partial charge in [0.25, 0.3) is 0 Å². The van der Waals surface area contributed by atoms with Crippen molar-refractivity contribution in [2.24, 2.45) is 11.3 Å². The smallest absolute Gasteiger partial charge is 0.00266 e. The van der Waals surface area contributed by atoms with Crippen LogP contribution in [0.4, 0.5) is 0 Å². The van der Waals surface area contributed by atoms with E-state index < -0.39 is 0 Å². The fourth-order valence-corrected chi connectivity index (χ4v) is 5.18. The third-order valence-electron chi connectivity index (χ3n) is 6.37. The molecule has 156 valence electrons. The second-order valence-corrected chi connectivity index (χ2v) is 9.47. The van der Waals surface area contributed by atoms with Gasteiger partial charge in [-0.3, -0.25) is 0 Å². The van der Waals surface area contributed by atoms with Crippen LogP contribution in [-0.4, -0.2) is 0 Å². The van der Waals surface area contributed by atoms with E-state index in [4.69, 9.17) is 0 Å². The number of benzene rings is 1. The molecule has 1 aliphatic carbocycles. The van der Waals surface area contributed by atoms with Crippen LogP contribution in [0.2, 0.25) is 0 Å². The molecule has 0 bridgehead atoms. The first-order valence-electron chi connectivity index (χ1n) is 11.1. The topological polar surface area (TPSA) is 0 Å². The van der Waals surface area contributed by atoms with E-state index in [1.54, 1.807) is 0 Å². The maximum absolute atomic E-state index is 3.95. The van der Waals surface area contributed by atoms with Crippen LogP contribution in [0.25, 0.3) is 6.08 Å². The average molecular weight is 407 g/mol. The van der Waals surface area contributed by atoms with Gasteiger partial charge in [-0.2, -0.15) is 0 Å². The zero-order valence-electron chi connectivity index (χ0n) is 18.7. The van der Waals surface area contributed by atoms with Crippen LogP contribution in [-0.2, 0) is 6.42 Å². The summed E-state index contributed by atoms with van der Waals surface area (Å²) in [6.07, 6.45) is 22.0. The van der Waals surface area contributed by atoms with Crippen LogP contribution < -0.4 is 0 Å². The highest BCUT2D eigenvalue weighted by atomic mass is 31.0. The fourth-order valence-electron chi connectivity index (χ4n) is 4.71. The van der Waals surface area contributed by atoms with Gasteiger partial charge in [-0.1, -0.05) is 98.5 Å². The predicted molar refractivity (Wildman–Crippen MR) is 135 cm³/mol. The molecule has 1 saturated carbocycles. The van der Waals surface area contributed by atoms with Gasteiger partial charge >= 0.3 is 0 Å². The van der Waals surface area contributed by atoms with Gasteiger partial charge in [0, 0.05) is 0 Å². The van der Waals surface area contributed by atoms with Crippen molar-refractivity contribution in [3.05, 3.63) is 89.3 Å². The molecule has 0 aliphatic heterocycles. The normalized spacial score (nSPS) is 17.8. The van der Waals surface area contributed by atoms with E-state index in [0.717, 1.165) is 6.42 Å². The van der Waals surface area contributed by atoms with Crippen LogP contribution in [0, 0.1) is 18.3 Å². The van der Waals surface area contributed by atoms with Gasteiger partial charge in [-0.15, -0.1) is 9.24 Å². The minimum atomic E-state index is 0.478. The lowest BCUT2D eigenvalue weighted by molar-refractivity contribution is 0.0958. The van der Waals surface area contributed by atoms with Crippen molar-refractivity contribution in [2.75, 3.05) is 0 Å². The molecule has 2 rings (SSSR count). The second kappa shape index (κ2) is 11.5. The number of hydrogen-bond acceptors (Lipinski definition) is 0. The van der Waals surface area contributed by atoms with E-state index in [0.29, 0.717) is 11.3 Å². The first-order valence-corrected chi connectivity index (χ1v) is 11.7. The Morgan fingerprint density at radius 2 is 2.00 bits per heavy atom. The summed E-state index contributed by atoms with van der Waals surface area (Å²) in [5.41, 5.74) is 5.84. The van der Waals surface area contributed by atoms with Crippen LogP contribution in [0.1, 0.15) is 69.1 Å². The van der Waals surface area contributed by atoms with Crippen LogP contribution >= 0.6 is 9.24 Å². The molecule has 1 aromatic rings. The van der Waals surface area contributed by atoms with Gasteiger partial charge in [-0.05, 0) is 74.0 Å². The van der Waals surface area contributed by atoms with Crippen molar-refractivity contribution in [3.8, 4) is 0 Å². The summed E-state index contributed by atoms with van der Waals surface area (Å²) in [6, 6.07) is 6.53. The van der Waals surface area contributed by atoms with Crippen molar-refractivity contribution in [3.63, 3.8) is 0 Å². The highest BCUT2D eigenvalue weighted by Gasteiger charge is 2.37. The third kappa shape index (κ3) is 6.97. The summed E-state index contributed by atoms with van der Waals surface area (Å²) in [6.45, 7) is 14.5. The molecule has 0 heterocycles. The van der Waals surface area contributed by atoms with Crippen molar-refractivity contribution >= 4 is 15.3 Å². The Morgan fingerprint density at radius 3 is 2.59 bits per heavy atom. The summed E-state index contributed by atoms with van der Waals surface area (Å²) in [5.74, 6) is 0.478. The lowest BCUT2D eigenvalue weighted by Crippen LogP contribution is -2.31. The average Bonchev–Trinajstić information content (AvgIpc) is 2.66. The minimum absolute atomic E-state index is 0.478. The molecule has 1 fully saturated rings. The third-order valence-corrected chi connectivity index (χ3v) is 6.76. The number of allylic oxidation sites excluding steroid dienone is 7. The summed E-state index contributed by atoms with van der Waals surface area (Å²) in [4.78, 5) is 0. The molecule has 0 radical (unpaired) electrons. The molecule has 29 heavy (non-hydrogen) atoms. The van der Waals surface area contributed by atoms with Crippen LogP contribution in [0.5, 0.6) is 0 Å². The quantitative estimate of drug-likeness (QED) is 0.255. The number of rotatable bonds is 11. The lowest BCUT2D eigenvalue weighted by Gasteiger charge is -2.44. The maximum atomic E-state index is 3.95. The van der Waals surface area contributed by atoms with E-state index in [1.165, 1.54) is 66.1 Å². The van der Waals surface area contributed by atoms with Crippen LogP contribution in [0.3, 0.4) is 0 Å². The van der Waals surface area contributed by atoms with Crippen molar-refractivity contribution in [2.45, 2.75) is 65.7 Å². The van der Waals surface area contributed by atoms with Gasteiger partial charge in [0.05, 0.1) is 0 Å². The minimum Gasteiger partial charge on any atom is -0.110 e. The molecule has 2 atom stereocenters. The standard InChI is InChI=1S/C28H39P/c1-6-9-12-22(4)18-24(21-28(15-7-2)16-11-17-28)19-27(29)20-26-14-10-13-25(8-3)23(26)5/h6,8-10,12-14,18-19,24H,1,3,7,11,15-17,20-21,29H2,2,4-5H3/b12-9+,22-18-,27-19-. The zero-order valence-corrected chi connectivity index (χ0v) is 19.9. The van der Waals surface area contributed by atoms with E-state index >= 15 is 0 Å². The lowest BCUT2D eigenvalue weighted by atomic mass is 9.62. The van der Waals surface area contributed by atoms with Crippen molar-refractivity contribution in [1.29, 1.82) is 0 Å². The first-order chi connectivity index (χ1) is 13.9. The van der Waals surface area contributed by atoms with Gasteiger partial charge in [0.2, 0.25) is 0 Å². The van der Waals surface area contributed by atoms with Crippen molar-refractivity contribution < 1.29 is 0 Å². The Morgan fingerprint density at radius 1 is 1.24 bits per heavy atom. The molecule has 0 nitrogen and oxygen atoms in total. The first kappa shape index (κ1) is 23.6. The fraction of sp³-hybridized carbons (Fsp3) is 0.429. The summed E-state index contributed by atoms with van der Waals surface area (Å²) in [7, 11) is 3.01. The van der Waals surface area contributed by atoms with E-state index in [2.05, 4.69) is 79.6 Å². The van der Waals surface area contributed by atoms with Gasteiger partial charge in [0.15, 0.2) is 0 Å². The molecule has 1 heteroatoms. The molecule has 2 unspecified atom stereocenters. The highest BCUT2D eigenvalue weighted by Crippen LogP contribution is 2.50. The summed E-state index contributed by atoms with van der Waals surface area (Å²) < 4.78 is 0. The SMILES string of the molecule is C=C/C=C/C(C)=C\C(/C=C(\P)Cc1cccc(C=C)c1C)CC1(CCC)CCC1. The monoisotopic (exact) mass is 406 g/mol. The molecular weight excluding hydrogens is 367 g/mol. The molecule has 0 aromatic heterocycles. The van der Waals surface area contributed by atoms with E-state index in [-0.39, 0.29) is 0 Å². The Labute approximate surface area is 181 Å². The maximum Gasteiger partial charge on any atom is -0.00266 e. The molecule has 0 saturated heterocycles. The summed E-state index contributed by atoms with van der Waals surface area (Å²) >= 11 is 0. The largest absolute Gasteiger partial charge is 0.110 e. The van der Waals surface area contributed by atoms with E-state index in [1.807, 2.05) is 18.2 Å². The molecule has 0 N–H and O–H groups in total. The molecule has 0 amide bonds. The van der Waals surface area contributed by atoms with Gasteiger partial charge < -0.3 is 0 Å². The molecule has 1 aliphatic rings. The van der Waals surface area contributed by atoms with Crippen LogP contribution in [0.15, 0.2) is 72.6 Å². The Hall–Kier alpha value is -1.65. The number of hydrogen-bond donors (Lipinski definition) is 0. The Balaban J connectivity index is 2.26. The zero-order chi connectivity index (χ0) is 21.3. The molecular formula is C28H39P. The van der Waals surface area contributed by atoms with Gasteiger partial charge in [0.1, 0.15) is 0 Å². The summed E-state index contributed by atoms with van der Waals surface area (Å²) in [5, 5.41) is 1.38.